The van der Waals surface area contributed by atoms with Crippen LogP contribution in [0, 0.1) is 0 Å². The Morgan fingerprint density at radius 2 is 1.84 bits per heavy atom. The first kappa shape index (κ1) is 15.9. The molecule has 0 bridgehead atoms. The quantitative estimate of drug-likeness (QED) is 0.824. The second kappa shape index (κ2) is 6.05. The van der Waals surface area contributed by atoms with Crippen LogP contribution < -0.4 is 10.1 Å². The lowest BCUT2D eigenvalue weighted by Gasteiger charge is -2.40. The number of piperidine rings is 1. The number of phenolic OH excluding ortho intramolecular Hbond substituents is 1. The Morgan fingerprint density at radius 1 is 1.12 bits per heavy atom. The summed E-state index contributed by atoms with van der Waals surface area (Å²) in [5.41, 5.74) is 3.01. The fourth-order valence-corrected chi connectivity index (χ4v) is 3.67. The molecule has 1 fully saturated rings. The van der Waals surface area contributed by atoms with Crippen LogP contribution in [0.2, 0.25) is 0 Å². The molecule has 2 aromatic rings. The van der Waals surface area contributed by atoms with Gasteiger partial charge in [0.05, 0.1) is 5.56 Å². The summed E-state index contributed by atoms with van der Waals surface area (Å²) in [4.78, 5) is 11.5. The molecular weight excluding hydrogens is 314 g/mol. The Balaban J connectivity index is 1.85. The Hall–Kier alpha value is -2.59. The van der Waals surface area contributed by atoms with Crippen molar-refractivity contribution in [3.63, 3.8) is 0 Å². The molecule has 2 aliphatic rings. The molecule has 2 N–H and O–H groups in total. The highest BCUT2D eigenvalue weighted by molar-refractivity contribution is 5.95. The fraction of sp³-hybridized carbons (Fsp3) is 0.286. The van der Waals surface area contributed by atoms with Crippen molar-refractivity contribution in [3.05, 3.63) is 65.2 Å². The van der Waals surface area contributed by atoms with Crippen molar-refractivity contribution >= 4 is 11.4 Å². The highest BCUT2D eigenvalue weighted by atomic mass is 16.5. The molecule has 0 radical (unpaired) electrons. The van der Waals surface area contributed by atoms with Gasteiger partial charge in [0.15, 0.2) is 5.78 Å². The van der Waals surface area contributed by atoms with E-state index in [0.29, 0.717) is 5.56 Å². The minimum Gasteiger partial charge on any atom is -0.507 e. The number of carbonyl (C=O) groups is 1. The maximum Gasteiger partial charge on any atom is 0.159 e. The molecule has 25 heavy (non-hydrogen) atoms. The van der Waals surface area contributed by atoms with Gasteiger partial charge in [-0.1, -0.05) is 30.3 Å². The predicted octanol–water partition coefficient (Wildman–Crippen LogP) is 3.54. The van der Waals surface area contributed by atoms with Crippen LogP contribution in [-0.2, 0) is 0 Å². The zero-order chi connectivity index (χ0) is 17.4. The molecule has 2 heterocycles. The lowest BCUT2D eigenvalue weighted by molar-refractivity contribution is 0.0813. The van der Waals surface area contributed by atoms with Crippen molar-refractivity contribution in [1.29, 1.82) is 0 Å². The molecular formula is C21H21NO3. The molecule has 0 amide bonds. The van der Waals surface area contributed by atoms with Crippen LogP contribution in [0.4, 0.5) is 0 Å². The van der Waals surface area contributed by atoms with E-state index in [1.54, 1.807) is 13.0 Å². The predicted molar refractivity (Wildman–Crippen MR) is 97.1 cm³/mol. The second-order valence-corrected chi connectivity index (χ2v) is 6.76. The van der Waals surface area contributed by atoms with Crippen LogP contribution in [0.5, 0.6) is 11.5 Å². The fourth-order valence-electron chi connectivity index (χ4n) is 3.67. The summed E-state index contributed by atoms with van der Waals surface area (Å²) in [6.45, 7) is 3.37. The van der Waals surface area contributed by atoms with E-state index in [9.17, 15) is 9.90 Å². The maximum atomic E-state index is 11.5. The van der Waals surface area contributed by atoms with Gasteiger partial charge < -0.3 is 15.2 Å². The van der Waals surface area contributed by atoms with Gasteiger partial charge in [-0.15, -0.1) is 0 Å². The van der Waals surface area contributed by atoms with Crippen molar-refractivity contribution in [3.8, 4) is 11.5 Å². The van der Waals surface area contributed by atoms with E-state index in [0.717, 1.165) is 48.4 Å². The number of phenols is 1. The Labute approximate surface area is 147 Å². The molecule has 4 heteroatoms. The second-order valence-electron chi connectivity index (χ2n) is 6.76. The molecule has 4 nitrogen and oxygen atoms in total. The maximum absolute atomic E-state index is 11.5. The third-order valence-corrected chi connectivity index (χ3v) is 5.05. The summed E-state index contributed by atoms with van der Waals surface area (Å²) in [5, 5.41) is 13.8. The van der Waals surface area contributed by atoms with Crippen LogP contribution in [0.15, 0.2) is 48.5 Å². The van der Waals surface area contributed by atoms with E-state index in [1.807, 2.05) is 36.4 Å². The molecule has 128 valence electrons. The van der Waals surface area contributed by atoms with E-state index >= 15 is 0 Å². The molecule has 1 saturated heterocycles. The van der Waals surface area contributed by atoms with E-state index in [-0.39, 0.29) is 17.1 Å². The number of aromatic hydroxyl groups is 1. The summed E-state index contributed by atoms with van der Waals surface area (Å²) < 4.78 is 6.32. The van der Waals surface area contributed by atoms with Gasteiger partial charge in [0.1, 0.15) is 17.1 Å². The van der Waals surface area contributed by atoms with Gasteiger partial charge in [0.25, 0.3) is 0 Å². The van der Waals surface area contributed by atoms with Crippen molar-refractivity contribution in [2.24, 2.45) is 0 Å². The van der Waals surface area contributed by atoms with Gasteiger partial charge in [-0.3, -0.25) is 4.79 Å². The van der Waals surface area contributed by atoms with Crippen molar-refractivity contribution in [2.75, 3.05) is 13.1 Å². The largest absolute Gasteiger partial charge is 0.507 e. The molecule has 0 aromatic heterocycles. The molecule has 0 atom stereocenters. The summed E-state index contributed by atoms with van der Waals surface area (Å²) in [7, 11) is 0. The Morgan fingerprint density at radius 3 is 2.52 bits per heavy atom. The van der Waals surface area contributed by atoms with Gasteiger partial charge in [0.2, 0.25) is 0 Å². The third kappa shape index (κ3) is 2.83. The van der Waals surface area contributed by atoms with E-state index in [4.69, 9.17) is 4.74 Å². The molecule has 0 aliphatic carbocycles. The van der Waals surface area contributed by atoms with Crippen LogP contribution in [0.1, 0.15) is 41.3 Å². The highest BCUT2D eigenvalue weighted by Gasteiger charge is 2.37. The van der Waals surface area contributed by atoms with Gasteiger partial charge in [-0.2, -0.15) is 0 Å². The van der Waals surface area contributed by atoms with Gasteiger partial charge in [-0.05, 0) is 49.4 Å². The van der Waals surface area contributed by atoms with E-state index in [2.05, 4.69) is 11.4 Å². The number of benzene rings is 2. The van der Waals surface area contributed by atoms with E-state index < -0.39 is 0 Å². The van der Waals surface area contributed by atoms with Gasteiger partial charge in [0, 0.05) is 18.4 Å². The molecule has 2 aromatic carbocycles. The molecule has 1 spiro atoms. The number of ketones is 1. The first-order chi connectivity index (χ1) is 12.1. The summed E-state index contributed by atoms with van der Waals surface area (Å²) in [6.07, 6.45) is 3.92. The van der Waals surface area contributed by atoms with Crippen molar-refractivity contribution < 1.29 is 14.6 Å². The minimum atomic E-state index is -0.347. The third-order valence-electron chi connectivity index (χ3n) is 5.05. The smallest absolute Gasteiger partial charge is 0.159 e. The molecule has 2 aliphatic heterocycles. The topological polar surface area (TPSA) is 58.6 Å². The van der Waals surface area contributed by atoms with Gasteiger partial charge in [-0.25, -0.2) is 0 Å². The zero-order valence-electron chi connectivity index (χ0n) is 14.2. The average Bonchev–Trinajstić information content (AvgIpc) is 2.62. The standard InChI is InChI=1S/C21H21NO3/c1-14(23)15-5-7-16(8-6-15)17-13-21(9-11-22-12-10-21)25-19-4-2-3-18(24)20(17)19/h2-8,13,22,24H,9-12H2,1H3. The monoisotopic (exact) mass is 335 g/mol. The molecule has 0 saturated carbocycles. The van der Waals surface area contributed by atoms with E-state index in [1.165, 1.54) is 0 Å². The zero-order valence-corrected chi connectivity index (χ0v) is 14.2. The first-order valence-corrected chi connectivity index (χ1v) is 8.64. The normalized spacial score (nSPS) is 18.2. The summed E-state index contributed by atoms with van der Waals surface area (Å²) in [5.74, 6) is 0.976. The number of hydrogen-bond donors (Lipinski definition) is 2. The number of carbonyl (C=O) groups excluding carboxylic acids is 1. The Kier molecular flexibility index (Phi) is 3.85. The summed E-state index contributed by atoms with van der Waals surface area (Å²) >= 11 is 0. The lowest BCUT2D eigenvalue weighted by Crippen LogP contribution is -2.46. The van der Waals surface area contributed by atoms with Gasteiger partial charge >= 0.3 is 0 Å². The first-order valence-electron chi connectivity index (χ1n) is 8.64. The SMILES string of the molecule is CC(=O)c1ccc(C2=CC3(CCNCC3)Oc3cccc(O)c32)cc1. The Bertz CT molecular complexity index is 846. The summed E-state index contributed by atoms with van der Waals surface area (Å²) in [6, 6.07) is 13.0. The van der Waals surface area contributed by atoms with Crippen molar-refractivity contribution in [2.45, 2.75) is 25.4 Å². The van der Waals surface area contributed by atoms with Crippen molar-refractivity contribution in [1.82, 2.24) is 5.32 Å². The van der Waals surface area contributed by atoms with Crippen LogP contribution in [0.3, 0.4) is 0 Å². The average molecular weight is 335 g/mol. The molecule has 0 unspecified atom stereocenters. The number of Topliss-reactive ketones (excluding diaryl/α,β-unsaturated/α-hetero) is 1. The van der Waals surface area contributed by atoms with Crippen LogP contribution >= 0.6 is 0 Å². The number of hydrogen-bond acceptors (Lipinski definition) is 4. The number of rotatable bonds is 2. The lowest BCUT2D eigenvalue weighted by atomic mass is 9.83. The highest BCUT2D eigenvalue weighted by Crippen LogP contribution is 2.46. The number of fused-ring (bicyclic) bond motifs is 1. The van der Waals surface area contributed by atoms with Crippen LogP contribution in [-0.4, -0.2) is 29.6 Å². The molecule has 4 rings (SSSR count). The number of ether oxygens (including phenoxy) is 1. The minimum absolute atomic E-state index is 0.0468. The number of nitrogens with one attached hydrogen (secondary N) is 1. The van der Waals surface area contributed by atoms with Crippen LogP contribution in [0.25, 0.3) is 5.57 Å².